The molecule has 118 valence electrons. The van der Waals surface area contributed by atoms with Crippen LogP contribution in [0, 0.1) is 0 Å². The first-order chi connectivity index (χ1) is 10.7. The zero-order chi connectivity index (χ0) is 15.5. The molecule has 0 unspecified atom stereocenters. The summed E-state index contributed by atoms with van der Waals surface area (Å²) in [4.78, 5) is 27.9. The van der Waals surface area contributed by atoms with E-state index in [2.05, 4.69) is 15.5 Å². The average Bonchev–Trinajstić information content (AvgIpc) is 3.02. The van der Waals surface area contributed by atoms with Crippen LogP contribution in [0.2, 0.25) is 0 Å². The van der Waals surface area contributed by atoms with Gasteiger partial charge in [-0.05, 0) is 30.2 Å². The fraction of sp³-hybridized carbons (Fsp3) is 0.500. The van der Waals surface area contributed by atoms with Gasteiger partial charge in [-0.1, -0.05) is 0 Å². The normalized spacial score (nSPS) is 17.8. The minimum Gasteiger partial charge on any atom is -0.384 e. The lowest BCUT2D eigenvalue weighted by molar-refractivity contribution is -0.122. The number of carbonyl (C=O) groups is 2. The molecule has 2 aliphatic heterocycles. The summed E-state index contributed by atoms with van der Waals surface area (Å²) in [5, 5.41) is 5.93. The van der Waals surface area contributed by atoms with Gasteiger partial charge in [-0.15, -0.1) is 0 Å². The Labute approximate surface area is 130 Å². The Morgan fingerprint density at radius 3 is 2.73 bits per heavy atom. The number of likely N-dealkylation sites (N-methyl/N-ethyl adjacent to an activating group) is 1. The number of rotatable bonds is 3. The second kappa shape index (κ2) is 6.36. The molecule has 0 bridgehead atoms. The summed E-state index contributed by atoms with van der Waals surface area (Å²) in [6.45, 7) is 4.18. The van der Waals surface area contributed by atoms with Crippen molar-refractivity contribution in [3.63, 3.8) is 0 Å². The summed E-state index contributed by atoms with van der Waals surface area (Å²) in [6, 6.07) is 5.91. The molecule has 2 amide bonds. The molecule has 2 N–H and O–H groups in total. The van der Waals surface area contributed by atoms with Gasteiger partial charge in [0.1, 0.15) is 0 Å². The first-order valence-electron chi connectivity index (χ1n) is 7.76. The van der Waals surface area contributed by atoms with E-state index in [0.717, 1.165) is 37.3 Å². The molecule has 1 saturated heterocycles. The summed E-state index contributed by atoms with van der Waals surface area (Å²) in [7, 11) is 1.64. The molecule has 1 aromatic carbocycles. The van der Waals surface area contributed by atoms with Crippen molar-refractivity contribution < 1.29 is 9.59 Å². The fourth-order valence-corrected chi connectivity index (χ4v) is 3.01. The smallest absolute Gasteiger partial charge is 0.253 e. The van der Waals surface area contributed by atoms with Crippen LogP contribution < -0.4 is 10.6 Å². The molecule has 3 rings (SSSR count). The highest BCUT2D eigenvalue weighted by molar-refractivity contribution is 5.95. The first-order valence-corrected chi connectivity index (χ1v) is 7.76. The molecule has 6 heteroatoms. The highest BCUT2D eigenvalue weighted by Gasteiger charge is 2.24. The summed E-state index contributed by atoms with van der Waals surface area (Å²) < 4.78 is 0. The molecular weight excluding hydrogens is 280 g/mol. The summed E-state index contributed by atoms with van der Waals surface area (Å²) >= 11 is 0. The average molecular weight is 302 g/mol. The van der Waals surface area contributed by atoms with Gasteiger partial charge in [0.25, 0.3) is 5.91 Å². The molecule has 1 aromatic rings. The number of fused-ring (bicyclic) bond motifs is 1. The summed E-state index contributed by atoms with van der Waals surface area (Å²) in [6.07, 6.45) is 0.983. The fourth-order valence-electron chi connectivity index (χ4n) is 3.01. The quantitative estimate of drug-likeness (QED) is 0.835. The van der Waals surface area contributed by atoms with E-state index in [1.165, 1.54) is 5.56 Å². The molecule has 0 radical (unpaired) electrons. The number of nitrogens with one attached hydrogen (secondary N) is 2. The number of anilines is 1. The minimum absolute atomic E-state index is 0.0194. The molecule has 22 heavy (non-hydrogen) atoms. The Morgan fingerprint density at radius 1 is 1.23 bits per heavy atom. The van der Waals surface area contributed by atoms with Crippen molar-refractivity contribution in [1.82, 2.24) is 15.1 Å². The van der Waals surface area contributed by atoms with Gasteiger partial charge in [-0.2, -0.15) is 0 Å². The lowest BCUT2D eigenvalue weighted by atomic mass is 10.1. The van der Waals surface area contributed by atoms with E-state index in [-0.39, 0.29) is 11.8 Å². The predicted octanol–water partition coefficient (Wildman–Crippen LogP) is 0.158. The van der Waals surface area contributed by atoms with Crippen LogP contribution in [0.15, 0.2) is 18.2 Å². The van der Waals surface area contributed by atoms with Crippen LogP contribution >= 0.6 is 0 Å². The number of hydrogen-bond donors (Lipinski definition) is 2. The highest BCUT2D eigenvalue weighted by Crippen LogP contribution is 2.23. The monoisotopic (exact) mass is 302 g/mol. The van der Waals surface area contributed by atoms with Crippen molar-refractivity contribution in [2.45, 2.75) is 6.42 Å². The number of hydrogen-bond acceptors (Lipinski definition) is 4. The molecule has 6 nitrogen and oxygen atoms in total. The van der Waals surface area contributed by atoms with Crippen LogP contribution in [0.5, 0.6) is 0 Å². The Bertz CT molecular complexity index is 580. The lowest BCUT2D eigenvalue weighted by Crippen LogP contribution is -2.50. The highest BCUT2D eigenvalue weighted by atomic mass is 16.2. The number of piperazine rings is 1. The van der Waals surface area contributed by atoms with Gasteiger partial charge in [0.05, 0.1) is 6.54 Å². The van der Waals surface area contributed by atoms with Crippen LogP contribution in [0.25, 0.3) is 0 Å². The van der Waals surface area contributed by atoms with Crippen LogP contribution in [-0.4, -0.2) is 67.9 Å². The maximum absolute atomic E-state index is 12.6. The van der Waals surface area contributed by atoms with Gasteiger partial charge in [0.2, 0.25) is 5.91 Å². The van der Waals surface area contributed by atoms with Gasteiger partial charge in [0.15, 0.2) is 0 Å². The third kappa shape index (κ3) is 3.06. The molecule has 2 aliphatic rings. The summed E-state index contributed by atoms with van der Waals surface area (Å²) in [5.74, 6) is 0.111. The molecule has 1 fully saturated rings. The van der Waals surface area contributed by atoms with Gasteiger partial charge < -0.3 is 15.5 Å². The maximum Gasteiger partial charge on any atom is 0.253 e. The number of amides is 2. The van der Waals surface area contributed by atoms with Crippen molar-refractivity contribution in [1.29, 1.82) is 0 Å². The third-order valence-electron chi connectivity index (χ3n) is 4.37. The number of benzene rings is 1. The largest absolute Gasteiger partial charge is 0.384 e. The van der Waals surface area contributed by atoms with Crippen LogP contribution in [0.1, 0.15) is 15.9 Å². The van der Waals surface area contributed by atoms with Gasteiger partial charge in [0, 0.05) is 51.0 Å². The van der Waals surface area contributed by atoms with Crippen molar-refractivity contribution in [2.24, 2.45) is 0 Å². The standard InChI is InChI=1S/C16H22N4O2/c1-17-15(21)11-19-6-8-20(9-7-19)16(22)13-2-3-14-12(10-13)4-5-18-14/h2-3,10,18H,4-9,11H2,1H3,(H,17,21). The van der Waals surface area contributed by atoms with Crippen LogP contribution in [0.4, 0.5) is 5.69 Å². The van der Waals surface area contributed by atoms with E-state index in [9.17, 15) is 9.59 Å². The lowest BCUT2D eigenvalue weighted by Gasteiger charge is -2.34. The van der Waals surface area contributed by atoms with E-state index in [1.807, 2.05) is 23.1 Å². The molecular formula is C16H22N4O2. The van der Waals surface area contributed by atoms with Crippen molar-refractivity contribution >= 4 is 17.5 Å². The van der Waals surface area contributed by atoms with E-state index >= 15 is 0 Å². The van der Waals surface area contributed by atoms with Crippen molar-refractivity contribution in [3.05, 3.63) is 29.3 Å². The molecule has 2 heterocycles. The van der Waals surface area contributed by atoms with E-state index in [0.29, 0.717) is 19.6 Å². The van der Waals surface area contributed by atoms with Gasteiger partial charge in [-0.25, -0.2) is 0 Å². The molecule has 0 atom stereocenters. The van der Waals surface area contributed by atoms with E-state index in [4.69, 9.17) is 0 Å². The van der Waals surface area contributed by atoms with Gasteiger partial charge in [-0.3, -0.25) is 14.5 Å². The third-order valence-corrected chi connectivity index (χ3v) is 4.37. The second-order valence-corrected chi connectivity index (χ2v) is 5.79. The SMILES string of the molecule is CNC(=O)CN1CCN(C(=O)c2ccc3c(c2)CCN3)CC1. The Kier molecular flexibility index (Phi) is 4.29. The van der Waals surface area contributed by atoms with Crippen LogP contribution in [0.3, 0.4) is 0 Å². The van der Waals surface area contributed by atoms with E-state index in [1.54, 1.807) is 7.05 Å². The Hall–Kier alpha value is -2.08. The first kappa shape index (κ1) is 14.8. The van der Waals surface area contributed by atoms with Crippen molar-refractivity contribution in [3.8, 4) is 0 Å². The molecule has 0 aromatic heterocycles. The summed E-state index contributed by atoms with van der Waals surface area (Å²) in [5.41, 5.74) is 3.14. The minimum atomic E-state index is 0.0194. The Balaban J connectivity index is 1.59. The molecule has 0 saturated carbocycles. The van der Waals surface area contributed by atoms with Crippen molar-refractivity contribution in [2.75, 3.05) is 51.6 Å². The topological polar surface area (TPSA) is 64.7 Å². The molecule has 0 aliphatic carbocycles. The van der Waals surface area contributed by atoms with Crippen LogP contribution in [-0.2, 0) is 11.2 Å². The van der Waals surface area contributed by atoms with E-state index < -0.39 is 0 Å². The molecule has 0 spiro atoms. The second-order valence-electron chi connectivity index (χ2n) is 5.79. The Morgan fingerprint density at radius 2 is 2.00 bits per heavy atom. The number of carbonyl (C=O) groups excluding carboxylic acids is 2. The zero-order valence-corrected chi connectivity index (χ0v) is 12.9. The number of nitrogens with zero attached hydrogens (tertiary/aromatic N) is 2. The predicted molar refractivity (Wildman–Crippen MR) is 85.0 cm³/mol. The zero-order valence-electron chi connectivity index (χ0n) is 12.9. The maximum atomic E-state index is 12.6. The van der Waals surface area contributed by atoms with Gasteiger partial charge >= 0.3 is 0 Å².